The summed E-state index contributed by atoms with van der Waals surface area (Å²) in [7, 11) is -5.64. The molecular weight excluding hydrogens is 310 g/mol. The lowest BCUT2D eigenvalue weighted by Crippen LogP contribution is -2.17. The topological polar surface area (TPSA) is 78.8 Å². The molecule has 0 aromatic heterocycles. The minimum Gasteiger partial charge on any atom is -0.566 e. The fraction of sp³-hybridized carbons (Fsp3) is 0.571. The van der Waals surface area contributed by atoms with E-state index in [9.17, 15) is 14.4 Å². The summed E-state index contributed by atoms with van der Waals surface area (Å²) in [5, 5.41) is 0. The highest BCUT2D eigenvalue weighted by Gasteiger charge is 2.26. The molecule has 0 heterocycles. The summed E-state index contributed by atoms with van der Waals surface area (Å²) in [6.45, 7) is 12.4. The Kier molecular flexibility index (Phi) is 5.88. The summed E-state index contributed by atoms with van der Waals surface area (Å²) in [4.78, 5) is 20.0. The van der Waals surface area contributed by atoms with Gasteiger partial charge >= 0.3 is 16.9 Å². The van der Waals surface area contributed by atoms with E-state index in [1.54, 1.807) is 6.07 Å². The maximum absolute atomic E-state index is 10.5. The first-order valence-corrected chi connectivity index (χ1v) is 8.78. The van der Waals surface area contributed by atoms with Crippen molar-refractivity contribution in [2.45, 2.75) is 52.4 Å². The van der Waals surface area contributed by atoms with Gasteiger partial charge in [-0.15, -0.1) is 0 Å². The Bertz CT molecular complexity index is 517. The number of rotatable bonds is 4. The van der Waals surface area contributed by atoms with Gasteiger partial charge in [-0.2, -0.15) is 0 Å². The summed E-state index contributed by atoms with van der Waals surface area (Å²) in [5.41, 5.74) is 1.79. The Balaban J connectivity index is 3.17. The van der Waals surface area contributed by atoms with Crippen LogP contribution >= 0.6 is 16.9 Å². The Morgan fingerprint density at radius 2 is 1.71 bits per heavy atom. The molecular formula is C14H22O5P2. The van der Waals surface area contributed by atoms with Crippen LogP contribution in [-0.4, -0.2) is 4.89 Å². The molecule has 1 aromatic carbocycles. The van der Waals surface area contributed by atoms with E-state index in [4.69, 9.17) is 4.52 Å². The van der Waals surface area contributed by atoms with E-state index in [0.717, 1.165) is 11.1 Å². The molecule has 0 radical (unpaired) electrons. The molecule has 0 fully saturated rings. The van der Waals surface area contributed by atoms with Gasteiger partial charge in [0, 0.05) is 5.56 Å². The molecule has 1 aromatic rings. The predicted molar refractivity (Wildman–Crippen MR) is 82.3 cm³/mol. The molecule has 2 atom stereocenters. The Morgan fingerprint density at radius 3 is 2.14 bits per heavy atom. The quantitative estimate of drug-likeness (QED) is 0.846. The van der Waals surface area contributed by atoms with Crippen LogP contribution in [-0.2, 0) is 19.7 Å². The third-order valence-corrected chi connectivity index (χ3v) is 4.41. The molecule has 0 saturated heterocycles. The number of benzene rings is 1. The van der Waals surface area contributed by atoms with Gasteiger partial charge in [-0.05, 0) is 31.3 Å². The van der Waals surface area contributed by atoms with Crippen LogP contribution in [0.1, 0.15) is 52.7 Å². The van der Waals surface area contributed by atoms with Gasteiger partial charge in [-0.1, -0.05) is 53.7 Å². The van der Waals surface area contributed by atoms with Crippen molar-refractivity contribution < 1.29 is 23.2 Å². The first kappa shape index (κ1) is 18.5. The highest BCUT2D eigenvalue weighted by Crippen LogP contribution is 2.45. The van der Waals surface area contributed by atoms with Crippen molar-refractivity contribution in [2.24, 2.45) is 0 Å². The van der Waals surface area contributed by atoms with Gasteiger partial charge in [-0.3, -0.25) is 0 Å². The van der Waals surface area contributed by atoms with Crippen molar-refractivity contribution in [1.29, 1.82) is 0 Å². The maximum Gasteiger partial charge on any atom is 0.497 e. The molecule has 0 spiro atoms. The van der Waals surface area contributed by atoms with E-state index < -0.39 is 16.9 Å². The van der Waals surface area contributed by atoms with Crippen LogP contribution in [0.25, 0.3) is 0 Å². The fourth-order valence-corrected chi connectivity index (χ4v) is 2.74. The van der Waals surface area contributed by atoms with E-state index in [0.29, 0.717) is 5.75 Å². The molecule has 7 heteroatoms. The van der Waals surface area contributed by atoms with Crippen molar-refractivity contribution >= 4 is 16.9 Å². The van der Waals surface area contributed by atoms with Crippen LogP contribution < -0.4 is 9.42 Å². The highest BCUT2D eigenvalue weighted by atomic mass is 31.2. The molecule has 5 nitrogen and oxygen atoms in total. The molecule has 0 bridgehead atoms. The molecule has 21 heavy (non-hydrogen) atoms. The lowest BCUT2D eigenvalue weighted by atomic mass is 9.80. The zero-order chi connectivity index (χ0) is 16.4. The van der Waals surface area contributed by atoms with E-state index >= 15 is 0 Å². The zero-order valence-corrected chi connectivity index (χ0v) is 15.0. The summed E-state index contributed by atoms with van der Waals surface area (Å²) in [5.74, 6) is 0.431. The second-order valence-electron chi connectivity index (χ2n) is 6.85. The third kappa shape index (κ3) is 5.61. The smallest absolute Gasteiger partial charge is 0.497 e. The standard InChI is InChI=1S/C14H22O5P2/c1-13(2,3)10-7-8-12(11(9-10)14(4,5)6)18-21(17)19-20(15)16/h7-9,17H,1-6H3. The first-order chi connectivity index (χ1) is 9.41. The minimum absolute atomic E-state index is 0.0165. The lowest BCUT2D eigenvalue weighted by Gasteiger charge is -2.27. The SMILES string of the molecule is CC(C)(C)c1ccc(OP(O)O[P+](=O)[O-])c(C(C)(C)C)c1. The van der Waals surface area contributed by atoms with Gasteiger partial charge in [0.25, 0.3) is 0 Å². The predicted octanol–water partition coefficient (Wildman–Crippen LogP) is 3.91. The van der Waals surface area contributed by atoms with Crippen molar-refractivity contribution in [2.75, 3.05) is 0 Å². The van der Waals surface area contributed by atoms with Crippen LogP contribution in [0.2, 0.25) is 0 Å². The average molecular weight is 332 g/mol. The van der Waals surface area contributed by atoms with Crippen LogP contribution in [0, 0.1) is 0 Å². The molecule has 2 unspecified atom stereocenters. The van der Waals surface area contributed by atoms with Crippen molar-refractivity contribution in [1.82, 2.24) is 0 Å². The second-order valence-corrected chi connectivity index (χ2v) is 8.60. The Hall–Kier alpha value is -0.570. The summed E-state index contributed by atoms with van der Waals surface area (Å²) in [6, 6.07) is 5.68. The summed E-state index contributed by atoms with van der Waals surface area (Å²) >= 11 is 0. The van der Waals surface area contributed by atoms with E-state index in [1.807, 2.05) is 32.9 Å². The highest BCUT2D eigenvalue weighted by molar-refractivity contribution is 7.50. The molecule has 0 aliphatic carbocycles. The zero-order valence-electron chi connectivity index (χ0n) is 13.2. The van der Waals surface area contributed by atoms with Crippen LogP contribution in [0.4, 0.5) is 0 Å². The summed E-state index contributed by atoms with van der Waals surface area (Å²) in [6.07, 6.45) is 0. The van der Waals surface area contributed by atoms with Crippen molar-refractivity contribution in [3.63, 3.8) is 0 Å². The first-order valence-electron chi connectivity index (χ1n) is 6.56. The third-order valence-electron chi connectivity index (χ3n) is 2.97. The largest absolute Gasteiger partial charge is 0.566 e. The van der Waals surface area contributed by atoms with E-state index in [2.05, 4.69) is 25.1 Å². The van der Waals surface area contributed by atoms with Gasteiger partial charge < -0.3 is 14.3 Å². The minimum atomic E-state index is -3.14. The van der Waals surface area contributed by atoms with Gasteiger partial charge in [0.1, 0.15) is 5.75 Å². The van der Waals surface area contributed by atoms with Gasteiger partial charge in [0.05, 0.1) is 0 Å². The Morgan fingerprint density at radius 1 is 1.14 bits per heavy atom. The lowest BCUT2D eigenvalue weighted by molar-refractivity contribution is -0.178. The fourth-order valence-electron chi connectivity index (χ4n) is 1.82. The molecule has 0 aliphatic rings. The number of hydrogen-bond acceptors (Lipinski definition) is 5. The van der Waals surface area contributed by atoms with Gasteiger partial charge in [0.2, 0.25) is 0 Å². The average Bonchev–Trinajstić information content (AvgIpc) is 2.24. The normalized spacial score (nSPS) is 14.8. The van der Waals surface area contributed by atoms with Crippen LogP contribution in [0.3, 0.4) is 0 Å². The number of hydrogen-bond donors (Lipinski definition) is 1. The monoisotopic (exact) mass is 332 g/mol. The maximum atomic E-state index is 10.5. The molecule has 1 rings (SSSR count). The van der Waals surface area contributed by atoms with Crippen molar-refractivity contribution in [3.05, 3.63) is 29.3 Å². The second kappa shape index (κ2) is 6.68. The molecule has 118 valence electrons. The van der Waals surface area contributed by atoms with Crippen LogP contribution in [0.15, 0.2) is 18.2 Å². The van der Waals surface area contributed by atoms with E-state index in [1.165, 1.54) is 0 Å². The molecule has 0 aliphatic heterocycles. The Labute approximate surface area is 128 Å². The molecule has 0 saturated carbocycles. The van der Waals surface area contributed by atoms with Crippen molar-refractivity contribution in [3.8, 4) is 5.75 Å². The van der Waals surface area contributed by atoms with E-state index in [-0.39, 0.29) is 10.8 Å². The summed E-state index contributed by atoms with van der Waals surface area (Å²) < 4.78 is 20.0. The molecule has 0 amide bonds. The van der Waals surface area contributed by atoms with Crippen LogP contribution in [0.5, 0.6) is 5.75 Å². The molecule has 1 N–H and O–H groups in total. The van der Waals surface area contributed by atoms with Gasteiger partial charge in [0.15, 0.2) is 0 Å². The van der Waals surface area contributed by atoms with Gasteiger partial charge in [-0.25, -0.2) is 0 Å².